The first-order valence-electron chi connectivity index (χ1n) is 11.9. The second-order valence-corrected chi connectivity index (χ2v) is 9.25. The molecule has 0 aliphatic carbocycles. The fraction of sp³-hybridized carbons (Fsp3) is 0.400. The number of aromatic nitrogens is 4. The molecule has 1 N–H and O–H groups in total. The SMILES string of the molecule is Cc1cc(C(C)N2Cc3c(ccnc3NC(=O)C3CCOCC3)C2=O)cnc1-n1cc(C(F)(F)F)cn1. The van der Waals surface area contributed by atoms with Gasteiger partial charge in [-0.1, -0.05) is 0 Å². The molecule has 12 heteroatoms. The highest BCUT2D eigenvalue weighted by molar-refractivity contribution is 6.01. The zero-order valence-electron chi connectivity index (χ0n) is 20.2. The van der Waals surface area contributed by atoms with Gasteiger partial charge in [0.2, 0.25) is 5.91 Å². The highest BCUT2D eigenvalue weighted by Crippen LogP contribution is 2.35. The van der Waals surface area contributed by atoms with Crippen molar-refractivity contribution in [3.63, 3.8) is 0 Å². The van der Waals surface area contributed by atoms with Gasteiger partial charge in [0.25, 0.3) is 5.91 Å². The molecule has 2 aliphatic rings. The number of halogens is 3. The van der Waals surface area contributed by atoms with Crippen molar-refractivity contribution in [2.24, 2.45) is 5.92 Å². The van der Waals surface area contributed by atoms with Crippen LogP contribution in [-0.2, 0) is 22.3 Å². The molecular weight excluding hydrogens is 489 g/mol. The third-order valence-electron chi connectivity index (χ3n) is 6.86. The predicted octanol–water partition coefficient (Wildman–Crippen LogP) is 4.07. The minimum atomic E-state index is -4.50. The Bertz CT molecular complexity index is 1350. The fourth-order valence-electron chi connectivity index (χ4n) is 4.67. The van der Waals surface area contributed by atoms with E-state index >= 15 is 0 Å². The molecule has 0 radical (unpaired) electrons. The number of amides is 2. The molecule has 0 aromatic carbocycles. The van der Waals surface area contributed by atoms with Crippen molar-refractivity contribution in [2.45, 2.75) is 45.5 Å². The molecule has 0 bridgehead atoms. The van der Waals surface area contributed by atoms with Crippen LogP contribution in [0.15, 0.2) is 36.9 Å². The standard InChI is InChI=1S/C25H25F3N6O3/c1-14-9-17(10-30-22(14)34-12-18(11-31-34)25(26,27)28)15(2)33-13-20-19(24(33)36)3-6-29-21(20)32-23(35)16-4-7-37-8-5-16/h3,6,9-12,15-16H,4-5,7-8,13H2,1-2H3,(H,29,32,35). The summed E-state index contributed by atoms with van der Waals surface area (Å²) in [7, 11) is 0. The van der Waals surface area contributed by atoms with Crippen molar-refractivity contribution in [1.82, 2.24) is 24.6 Å². The molecule has 5 heterocycles. The number of fused-ring (bicyclic) bond motifs is 1. The van der Waals surface area contributed by atoms with Crippen LogP contribution in [0.3, 0.4) is 0 Å². The molecule has 0 spiro atoms. The van der Waals surface area contributed by atoms with Crippen LogP contribution in [0, 0.1) is 12.8 Å². The highest BCUT2D eigenvalue weighted by atomic mass is 19.4. The topological polar surface area (TPSA) is 102 Å². The molecule has 3 aromatic rings. The van der Waals surface area contributed by atoms with Crippen molar-refractivity contribution in [3.8, 4) is 5.82 Å². The van der Waals surface area contributed by atoms with Crippen molar-refractivity contribution in [1.29, 1.82) is 0 Å². The van der Waals surface area contributed by atoms with Gasteiger partial charge in [-0.3, -0.25) is 9.59 Å². The molecule has 37 heavy (non-hydrogen) atoms. The monoisotopic (exact) mass is 514 g/mol. The quantitative estimate of drug-likeness (QED) is 0.551. The van der Waals surface area contributed by atoms with E-state index in [1.165, 1.54) is 12.4 Å². The number of carbonyl (C=O) groups is 2. The lowest BCUT2D eigenvalue weighted by atomic mass is 9.99. The van der Waals surface area contributed by atoms with Gasteiger partial charge in [-0.25, -0.2) is 14.6 Å². The molecule has 2 aliphatic heterocycles. The number of aryl methyl sites for hydroxylation is 1. The summed E-state index contributed by atoms with van der Waals surface area (Å²) in [5.74, 6) is 0.152. The van der Waals surface area contributed by atoms with Crippen molar-refractivity contribution < 1.29 is 27.5 Å². The third kappa shape index (κ3) is 4.80. The largest absolute Gasteiger partial charge is 0.419 e. The van der Waals surface area contributed by atoms with Gasteiger partial charge in [0.1, 0.15) is 5.82 Å². The molecule has 1 atom stereocenters. The smallest absolute Gasteiger partial charge is 0.381 e. The van der Waals surface area contributed by atoms with Gasteiger partial charge >= 0.3 is 6.18 Å². The summed E-state index contributed by atoms with van der Waals surface area (Å²) in [5.41, 5.74) is 1.58. The Labute approximate surface area is 210 Å². The maximum absolute atomic E-state index is 13.2. The highest BCUT2D eigenvalue weighted by Gasteiger charge is 2.35. The summed E-state index contributed by atoms with van der Waals surface area (Å²) in [6.45, 7) is 4.91. The van der Waals surface area contributed by atoms with Gasteiger partial charge in [0, 0.05) is 48.8 Å². The number of anilines is 1. The number of hydrogen-bond donors (Lipinski definition) is 1. The Hall–Kier alpha value is -3.80. The van der Waals surface area contributed by atoms with Crippen LogP contribution in [0.5, 0.6) is 0 Å². The number of pyridine rings is 2. The van der Waals surface area contributed by atoms with Crippen LogP contribution in [0.1, 0.15) is 58.4 Å². The van der Waals surface area contributed by atoms with Crippen LogP contribution in [0.4, 0.5) is 19.0 Å². The molecule has 5 rings (SSSR count). The van der Waals surface area contributed by atoms with E-state index in [0.29, 0.717) is 54.1 Å². The van der Waals surface area contributed by atoms with E-state index in [-0.39, 0.29) is 36.1 Å². The summed E-state index contributed by atoms with van der Waals surface area (Å²) < 4.78 is 45.3. The number of nitrogens with one attached hydrogen (secondary N) is 1. The molecule has 3 aromatic heterocycles. The molecule has 194 valence electrons. The zero-order valence-corrected chi connectivity index (χ0v) is 20.2. The van der Waals surface area contributed by atoms with E-state index in [1.54, 1.807) is 24.0 Å². The fourth-order valence-corrected chi connectivity index (χ4v) is 4.67. The lowest BCUT2D eigenvalue weighted by Crippen LogP contribution is -2.29. The van der Waals surface area contributed by atoms with E-state index in [0.717, 1.165) is 17.1 Å². The lowest BCUT2D eigenvalue weighted by molar-refractivity contribution is -0.137. The van der Waals surface area contributed by atoms with Gasteiger partial charge < -0.3 is 15.0 Å². The summed E-state index contributed by atoms with van der Waals surface area (Å²) in [5, 5.41) is 6.69. The maximum atomic E-state index is 13.2. The number of nitrogens with zero attached hydrogens (tertiary/aromatic N) is 5. The van der Waals surface area contributed by atoms with Gasteiger partial charge in [-0.2, -0.15) is 18.3 Å². The number of ether oxygens (including phenoxy) is 1. The van der Waals surface area contributed by atoms with Crippen molar-refractivity contribution >= 4 is 17.6 Å². The first-order chi connectivity index (χ1) is 17.6. The summed E-state index contributed by atoms with van der Waals surface area (Å²) in [6.07, 6.45) is 1.47. The first kappa shape index (κ1) is 24.9. The first-order valence-corrected chi connectivity index (χ1v) is 11.9. The van der Waals surface area contributed by atoms with Crippen molar-refractivity contribution in [3.05, 3.63) is 64.7 Å². The van der Waals surface area contributed by atoms with Crippen LogP contribution in [-0.4, -0.2) is 49.7 Å². The number of alkyl halides is 3. The van der Waals surface area contributed by atoms with Crippen LogP contribution < -0.4 is 5.32 Å². The Morgan fingerprint density at radius 1 is 1.22 bits per heavy atom. The predicted molar refractivity (Wildman–Crippen MR) is 126 cm³/mol. The summed E-state index contributed by atoms with van der Waals surface area (Å²) in [4.78, 5) is 36.3. The molecule has 2 amide bonds. The molecule has 0 saturated carbocycles. The number of carbonyl (C=O) groups excluding carboxylic acids is 2. The second-order valence-electron chi connectivity index (χ2n) is 9.25. The van der Waals surface area contributed by atoms with Gasteiger partial charge in [-0.05, 0) is 49.9 Å². The second kappa shape index (κ2) is 9.58. The lowest BCUT2D eigenvalue weighted by Gasteiger charge is -2.25. The van der Waals surface area contributed by atoms with Gasteiger partial charge in [-0.15, -0.1) is 0 Å². The minimum absolute atomic E-state index is 0.133. The van der Waals surface area contributed by atoms with Crippen LogP contribution in [0.2, 0.25) is 0 Å². The summed E-state index contributed by atoms with van der Waals surface area (Å²) >= 11 is 0. The Kier molecular flexibility index (Phi) is 6.44. The molecule has 9 nitrogen and oxygen atoms in total. The average Bonchev–Trinajstić information content (AvgIpc) is 3.50. The van der Waals surface area contributed by atoms with E-state index in [4.69, 9.17) is 4.74 Å². The van der Waals surface area contributed by atoms with Gasteiger partial charge in [0.15, 0.2) is 5.82 Å². The maximum Gasteiger partial charge on any atom is 0.419 e. The van der Waals surface area contributed by atoms with E-state index < -0.39 is 11.7 Å². The van der Waals surface area contributed by atoms with E-state index in [1.807, 2.05) is 6.92 Å². The number of hydrogen-bond acceptors (Lipinski definition) is 6. The molecule has 1 fully saturated rings. The number of rotatable bonds is 5. The van der Waals surface area contributed by atoms with Crippen LogP contribution >= 0.6 is 0 Å². The van der Waals surface area contributed by atoms with E-state index in [2.05, 4.69) is 20.4 Å². The van der Waals surface area contributed by atoms with Crippen molar-refractivity contribution in [2.75, 3.05) is 18.5 Å². The minimum Gasteiger partial charge on any atom is -0.381 e. The molecule has 1 saturated heterocycles. The molecular formula is C25H25F3N6O3. The normalized spacial score (nSPS) is 17.1. The summed E-state index contributed by atoms with van der Waals surface area (Å²) in [6, 6.07) is 3.03. The zero-order chi connectivity index (χ0) is 26.3. The average molecular weight is 515 g/mol. The molecule has 1 unspecified atom stereocenters. The Morgan fingerprint density at radius 2 is 1.97 bits per heavy atom. The Morgan fingerprint density at radius 3 is 2.65 bits per heavy atom. The van der Waals surface area contributed by atoms with E-state index in [9.17, 15) is 22.8 Å². The van der Waals surface area contributed by atoms with Gasteiger partial charge in [0.05, 0.1) is 24.3 Å². The van der Waals surface area contributed by atoms with Crippen LogP contribution in [0.25, 0.3) is 5.82 Å². The Balaban J connectivity index is 1.34. The third-order valence-corrected chi connectivity index (χ3v) is 6.86.